The van der Waals surface area contributed by atoms with E-state index >= 15 is 0 Å². The number of anilines is 1. The van der Waals surface area contributed by atoms with E-state index in [4.69, 9.17) is 0 Å². The van der Waals surface area contributed by atoms with Crippen molar-refractivity contribution in [1.29, 1.82) is 0 Å². The molecular formula is C11H17KN2O5S. The van der Waals surface area contributed by atoms with Gasteiger partial charge < -0.3 is 19.7 Å². The molecule has 0 atom stereocenters. The Morgan fingerprint density at radius 1 is 1.45 bits per heavy atom. The Morgan fingerprint density at radius 2 is 2.05 bits per heavy atom. The molecule has 0 bridgehead atoms. The van der Waals surface area contributed by atoms with Gasteiger partial charge in [-0.05, 0) is 13.3 Å². The molecule has 1 heterocycles. The third-order valence-electron chi connectivity index (χ3n) is 2.73. The van der Waals surface area contributed by atoms with Crippen LogP contribution in [0.15, 0.2) is 6.20 Å². The number of aryl methyl sites for hydroxylation is 1. The van der Waals surface area contributed by atoms with Crippen LogP contribution in [0.5, 0.6) is 5.75 Å². The van der Waals surface area contributed by atoms with Gasteiger partial charge in [0.2, 0.25) is 0 Å². The van der Waals surface area contributed by atoms with E-state index in [9.17, 15) is 23.2 Å². The average Bonchev–Trinajstić information content (AvgIpc) is 2.30. The maximum absolute atomic E-state index is 10.5. The Balaban J connectivity index is 0.00000361. The van der Waals surface area contributed by atoms with Crippen LogP contribution < -0.4 is 56.3 Å². The van der Waals surface area contributed by atoms with Gasteiger partial charge in [-0.1, -0.05) is 0 Å². The van der Waals surface area contributed by atoms with Crippen molar-refractivity contribution >= 4 is 15.8 Å². The molecule has 0 fully saturated rings. The summed E-state index contributed by atoms with van der Waals surface area (Å²) in [7, 11) is -2.59. The molecule has 1 aromatic heterocycles. The standard InChI is InChI=1S/C11H18N2O5S.K/c1-8-11(15)10(9(7-14)6-12-8)13(2)4-3-5-19(16,17)18;/h6,14-15H,3-5,7H2,1-2H3,(H,16,17,18);/q;+1/p-1. The minimum Gasteiger partial charge on any atom is -0.748 e. The zero-order chi connectivity index (χ0) is 14.6. The van der Waals surface area contributed by atoms with Crippen molar-refractivity contribution in [2.45, 2.75) is 20.0 Å². The van der Waals surface area contributed by atoms with Gasteiger partial charge in [0.15, 0.2) is 5.75 Å². The van der Waals surface area contributed by atoms with Crippen LogP contribution in [-0.2, 0) is 16.7 Å². The molecule has 0 aliphatic rings. The molecule has 0 spiro atoms. The Morgan fingerprint density at radius 3 is 2.55 bits per heavy atom. The number of aromatic nitrogens is 1. The first-order chi connectivity index (χ1) is 8.76. The van der Waals surface area contributed by atoms with E-state index in [1.807, 2.05) is 0 Å². The summed E-state index contributed by atoms with van der Waals surface area (Å²) in [4.78, 5) is 5.53. The maximum atomic E-state index is 10.5. The smallest absolute Gasteiger partial charge is 0.748 e. The number of hydrogen-bond acceptors (Lipinski definition) is 7. The summed E-state index contributed by atoms with van der Waals surface area (Å²) in [6, 6.07) is 0. The Kier molecular flexibility index (Phi) is 8.75. The fourth-order valence-electron chi connectivity index (χ4n) is 1.75. The van der Waals surface area contributed by atoms with Crippen LogP contribution in [0.4, 0.5) is 5.69 Å². The molecule has 0 saturated carbocycles. The predicted molar refractivity (Wildman–Crippen MR) is 69.0 cm³/mol. The second kappa shape index (κ2) is 8.64. The normalized spacial score (nSPS) is 11.0. The van der Waals surface area contributed by atoms with Crippen molar-refractivity contribution in [2.75, 3.05) is 24.2 Å². The van der Waals surface area contributed by atoms with Crippen molar-refractivity contribution < 1.29 is 74.6 Å². The summed E-state index contributed by atoms with van der Waals surface area (Å²) in [5.41, 5.74) is 1.25. The third kappa shape index (κ3) is 5.94. The van der Waals surface area contributed by atoms with Gasteiger partial charge in [0, 0.05) is 31.1 Å². The van der Waals surface area contributed by atoms with Gasteiger partial charge in [0.25, 0.3) is 0 Å². The van der Waals surface area contributed by atoms with E-state index in [0.29, 0.717) is 16.9 Å². The predicted octanol–water partition coefficient (Wildman–Crippen LogP) is -3.04. The molecule has 7 nitrogen and oxygen atoms in total. The summed E-state index contributed by atoms with van der Waals surface area (Å²) in [5.74, 6) is -0.518. The van der Waals surface area contributed by atoms with Crippen LogP contribution in [0.25, 0.3) is 0 Å². The number of aromatic hydroxyl groups is 1. The number of hydrogen-bond donors (Lipinski definition) is 2. The number of nitrogens with zero attached hydrogens (tertiary/aromatic N) is 2. The van der Waals surface area contributed by atoms with Crippen molar-refractivity contribution in [3.63, 3.8) is 0 Å². The summed E-state index contributed by atoms with van der Waals surface area (Å²) >= 11 is 0. The summed E-state index contributed by atoms with van der Waals surface area (Å²) in [6.45, 7) is 1.60. The topological polar surface area (TPSA) is 114 Å². The molecule has 0 saturated heterocycles. The number of aliphatic hydroxyl groups is 1. The van der Waals surface area contributed by atoms with Gasteiger partial charge in [-0.3, -0.25) is 4.98 Å². The first-order valence-electron chi connectivity index (χ1n) is 5.69. The average molecular weight is 328 g/mol. The van der Waals surface area contributed by atoms with E-state index in [1.165, 1.54) is 6.20 Å². The molecule has 0 radical (unpaired) electrons. The van der Waals surface area contributed by atoms with Gasteiger partial charge in [-0.15, -0.1) is 0 Å². The molecule has 20 heavy (non-hydrogen) atoms. The fourth-order valence-corrected chi connectivity index (χ4v) is 2.24. The second-order valence-electron chi connectivity index (χ2n) is 4.26. The zero-order valence-corrected chi connectivity index (χ0v) is 15.8. The van der Waals surface area contributed by atoms with Gasteiger partial charge in [0.05, 0.1) is 28.1 Å². The molecular weight excluding hydrogens is 311 g/mol. The van der Waals surface area contributed by atoms with E-state index in [0.717, 1.165) is 0 Å². The minimum atomic E-state index is -4.24. The Bertz CT molecular complexity index is 550. The molecule has 2 N–H and O–H groups in total. The zero-order valence-electron chi connectivity index (χ0n) is 11.8. The molecule has 0 unspecified atom stereocenters. The fraction of sp³-hybridized carbons (Fsp3) is 0.545. The van der Waals surface area contributed by atoms with E-state index in [2.05, 4.69) is 4.98 Å². The Hall–Kier alpha value is 0.256. The number of aliphatic hydroxyl groups excluding tert-OH is 1. The number of pyridine rings is 1. The van der Waals surface area contributed by atoms with E-state index in [-0.39, 0.29) is 76.7 Å². The van der Waals surface area contributed by atoms with Crippen LogP contribution in [0, 0.1) is 6.92 Å². The van der Waals surface area contributed by atoms with Crippen LogP contribution in [0.2, 0.25) is 0 Å². The molecule has 9 heteroatoms. The second-order valence-corrected chi connectivity index (χ2v) is 5.78. The van der Waals surface area contributed by atoms with Gasteiger partial charge in [-0.2, -0.15) is 0 Å². The molecule has 1 rings (SSSR count). The quantitative estimate of drug-likeness (QED) is 0.421. The van der Waals surface area contributed by atoms with Gasteiger partial charge in [0.1, 0.15) is 0 Å². The first kappa shape index (κ1) is 20.3. The molecule has 0 amide bonds. The van der Waals surface area contributed by atoms with Crippen LogP contribution in [-0.4, -0.2) is 47.5 Å². The number of rotatable bonds is 6. The summed E-state index contributed by atoms with van der Waals surface area (Å²) in [6.07, 6.45) is 1.60. The SMILES string of the molecule is Cc1ncc(CO)c(N(C)CCCS(=O)(=O)[O-])c1O.[K+]. The Labute approximate surface area is 161 Å². The third-order valence-corrected chi connectivity index (χ3v) is 3.51. The monoisotopic (exact) mass is 328 g/mol. The summed E-state index contributed by atoms with van der Waals surface area (Å²) < 4.78 is 31.6. The van der Waals surface area contributed by atoms with Gasteiger partial charge in [-0.25, -0.2) is 8.42 Å². The van der Waals surface area contributed by atoms with Crippen molar-refractivity contribution in [1.82, 2.24) is 4.98 Å². The largest absolute Gasteiger partial charge is 1.00 e. The maximum Gasteiger partial charge on any atom is 1.00 e. The molecule has 1 aromatic rings. The minimum absolute atomic E-state index is 0. The van der Waals surface area contributed by atoms with Crippen LogP contribution >= 0.6 is 0 Å². The van der Waals surface area contributed by atoms with Crippen LogP contribution in [0.3, 0.4) is 0 Å². The van der Waals surface area contributed by atoms with Crippen molar-refractivity contribution in [3.05, 3.63) is 17.5 Å². The van der Waals surface area contributed by atoms with E-state index in [1.54, 1.807) is 18.9 Å². The van der Waals surface area contributed by atoms with Crippen molar-refractivity contribution in [2.24, 2.45) is 0 Å². The summed E-state index contributed by atoms with van der Waals surface area (Å²) in [5, 5.41) is 19.2. The molecule has 0 aromatic carbocycles. The van der Waals surface area contributed by atoms with Gasteiger partial charge >= 0.3 is 51.4 Å². The molecule has 0 aliphatic carbocycles. The molecule has 108 valence electrons. The first-order valence-corrected chi connectivity index (χ1v) is 7.27. The molecule has 0 aliphatic heterocycles. The van der Waals surface area contributed by atoms with Crippen LogP contribution in [0.1, 0.15) is 17.7 Å². The van der Waals surface area contributed by atoms with Crippen molar-refractivity contribution in [3.8, 4) is 5.75 Å². The van der Waals surface area contributed by atoms with E-state index < -0.39 is 15.9 Å².